The molecule has 1 radical (unpaired) electrons. The van der Waals surface area contributed by atoms with E-state index in [1.165, 1.54) is 6.07 Å². The van der Waals surface area contributed by atoms with Crippen molar-refractivity contribution >= 4 is 45.2 Å². The van der Waals surface area contributed by atoms with Gasteiger partial charge in [-0.2, -0.15) is 0 Å². The van der Waals surface area contributed by atoms with Crippen molar-refractivity contribution in [2.24, 2.45) is 5.73 Å². The summed E-state index contributed by atoms with van der Waals surface area (Å²) in [6.07, 6.45) is 9.11. The van der Waals surface area contributed by atoms with Gasteiger partial charge in [0.1, 0.15) is 17.1 Å². The van der Waals surface area contributed by atoms with Crippen LogP contribution >= 0.6 is 0 Å². The smallest absolute Gasteiger partial charge is 1.00 e. The Morgan fingerprint density at radius 2 is 1.98 bits per heavy atom. The van der Waals surface area contributed by atoms with Crippen LogP contribution in [0.15, 0.2) is 84.5 Å². The van der Waals surface area contributed by atoms with Gasteiger partial charge in [0.2, 0.25) is 5.91 Å². The van der Waals surface area contributed by atoms with Crippen molar-refractivity contribution < 1.29 is 47.4 Å². The van der Waals surface area contributed by atoms with E-state index >= 15 is 0 Å². The Balaban J connectivity index is 0.000000441. The van der Waals surface area contributed by atoms with E-state index in [0.717, 1.165) is 53.7 Å². The quantitative estimate of drug-likeness (QED) is 0.169. The van der Waals surface area contributed by atoms with E-state index in [2.05, 4.69) is 28.6 Å². The zero-order chi connectivity index (χ0) is 35.5. The fourth-order valence-corrected chi connectivity index (χ4v) is 6.58. The molecule has 7 rings (SSSR count). The molecule has 2 aliphatic carbocycles. The molecule has 4 N–H and O–H groups in total. The monoisotopic (exact) mass is 780 g/mol. The Kier molecular flexibility index (Phi) is 12.1. The number of nitrogens with zero attached hydrogens (tertiary/aromatic N) is 2. The molecule has 4 aromatic rings. The Morgan fingerprint density at radius 3 is 2.63 bits per heavy atom. The molecule has 1 fully saturated rings. The van der Waals surface area contributed by atoms with E-state index in [1.54, 1.807) is 62.6 Å². The third-order valence-electron chi connectivity index (χ3n) is 9.17. The average molecular weight is 780 g/mol. The van der Waals surface area contributed by atoms with Crippen LogP contribution in [-0.2, 0) is 31.8 Å². The van der Waals surface area contributed by atoms with E-state index < -0.39 is 16.9 Å². The van der Waals surface area contributed by atoms with Crippen molar-refractivity contribution in [1.29, 1.82) is 0 Å². The van der Waals surface area contributed by atoms with Crippen molar-refractivity contribution in [3.8, 4) is 5.75 Å². The maximum atomic E-state index is 13.5. The van der Waals surface area contributed by atoms with Crippen LogP contribution < -0.4 is 34.6 Å². The third kappa shape index (κ3) is 8.07. The van der Waals surface area contributed by atoms with Crippen LogP contribution in [0.1, 0.15) is 65.0 Å². The van der Waals surface area contributed by atoms with Crippen molar-refractivity contribution in [3.63, 3.8) is 0 Å². The van der Waals surface area contributed by atoms with Crippen LogP contribution in [0.4, 0.5) is 4.39 Å². The number of methoxy groups -OCH3 is 1. The molecule has 2 aromatic heterocycles. The van der Waals surface area contributed by atoms with E-state index in [-0.39, 0.29) is 49.4 Å². The van der Waals surface area contributed by atoms with Crippen molar-refractivity contribution in [3.05, 3.63) is 142 Å². The van der Waals surface area contributed by atoms with E-state index in [0.29, 0.717) is 46.1 Å². The number of carbonyl (C=O) groups is 2. The summed E-state index contributed by atoms with van der Waals surface area (Å²) in [4.78, 5) is 35.0. The Hall–Kier alpha value is -4.01. The summed E-state index contributed by atoms with van der Waals surface area (Å²) in [6, 6.07) is 22.2. The number of benzene rings is 2. The van der Waals surface area contributed by atoms with Crippen LogP contribution in [0.5, 0.6) is 5.75 Å². The fraction of sp³-hybridized carbons (Fsp3) is 0.256. The molecule has 2 aromatic carbocycles. The molecule has 2 amide bonds. The van der Waals surface area contributed by atoms with Crippen LogP contribution in [0, 0.1) is 18.1 Å². The molecule has 9 nitrogen and oxygen atoms in total. The number of nitrogens with one attached hydrogen (secondary N) is 1. The van der Waals surface area contributed by atoms with Crippen LogP contribution in [0.2, 0.25) is 0 Å². The standard InChI is InChI=1S/C32H31N4O5.C7H4F.In.Li/c1-31(30(33)38)18-41-26-16-34-27(15-23(26)31)32(39,22-6-4-3-5-7-22)17-35-29(37)21-11-10-20-12-13-24(19-8-9-19)36-28(20)25(14-21)40-2;1-6-4-2-3-5-7(6)8;;/h3-7,11-15,19,39H,8-10,17-18H2,1-2H3,(H2,33,38)(H,35,37);1-3,5H;;/q2*-1;;+1/t31-,32+;;;/m0.../s1. The largest absolute Gasteiger partial charge is 1.00 e. The molecule has 0 bridgehead atoms. The van der Waals surface area contributed by atoms with Crippen molar-refractivity contribution in [2.75, 3.05) is 20.3 Å². The molecule has 0 spiro atoms. The molecular formula is C39H35FInLiN4O5-. The first-order valence-electron chi connectivity index (χ1n) is 16.2. The Bertz CT molecular complexity index is 2020. The zero-order valence-corrected chi connectivity index (χ0v) is 32.0. The minimum absolute atomic E-state index is 0. The van der Waals surface area contributed by atoms with Gasteiger partial charge < -0.3 is 30.6 Å². The number of primary amides is 1. The summed E-state index contributed by atoms with van der Waals surface area (Å²) >= 11 is 0.937. The number of fused-ring (bicyclic) bond motifs is 2. The van der Waals surface area contributed by atoms with Crippen molar-refractivity contribution in [2.45, 2.75) is 43.1 Å². The average Bonchev–Trinajstić information content (AvgIpc) is 3.96. The van der Waals surface area contributed by atoms with Gasteiger partial charge in [-0.3, -0.25) is 9.59 Å². The number of halogens is 1. The number of aromatic nitrogens is 2. The molecular weight excluding hydrogens is 745 g/mol. The number of rotatable bonds is 9. The number of amides is 2. The first-order chi connectivity index (χ1) is 24.1. The molecule has 3 heterocycles. The van der Waals surface area contributed by atoms with Crippen LogP contribution in [0.25, 0.3) is 5.76 Å². The van der Waals surface area contributed by atoms with Gasteiger partial charge in [0.05, 0.1) is 19.1 Å². The van der Waals surface area contributed by atoms with Crippen LogP contribution in [0.3, 0.4) is 0 Å². The number of nitrogens with two attached hydrogens (primary N) is 1. The SMILES string of the molecule is COC1=CC(C(=O)NC[C@@](O)(c2ccccc2)c2cc3c([c-]n2)OC[C@]3(C)C(N)=O)=CCc2ccc(C3CC3)nc21.Fc1ccc[c-]c1[CH]=[In].[Li+]. The molecule has 0 saturated heterocycles. The van der Waals surface area contributed by atoms with Crippen molar-refractivity contribution in [1.82, 2.24) is 15.3 Å². The van der Waals surface area contributed by atoms with E-state index in [4.69, 9.17) is 20.2 Å². The van der Waals surface area contributed by atoms with Gasteiger partial charge in [-0.1, -0.05) is 55.0 Å². The molecule has 3 aliphatic rings. The normalized spacial score (nSPS) is 18.3. The number of hydrogen-bond acceptors (Lipinski definition) is 7. The Labute approximate surface area is 322 Å². The van der Waals surface area contributed by atoms with Gasteiger partial charge in [-0.05, 0) is 54.4 Å². The summed E-state index contributed by atoms with van der Waals surface area (Å²) in [5.74, 6) is 0.197. The minimum atomic E-state index is -1.74. The van der Waals surface area contributed by atoms with Gasteiger partial charge in [0.15, 0.2) is 0 Å². The first kappa shape index (κ1) is 38.2. The van der Waals surface area contributed by atoms with Crippen LogP contribution in [-0.4, -0.2) is 74.8 Å². The molecule has 0 unspecified atom stereocenters. The van der Waals surface area contributed by atoms with E-state index in [1.807, 2.05) is 22.0 Å². The fourth-order valence-electron chi connectivity index (χ4n) is 5.85. The molecule has 2 atom stereocenters. The number of aliphatic hydroxyl groups is 1. The number of carbonyl (C=O) groups excluding carboxylic acids is 2. The molecule has 1 saturated carbocycles. The second-order valence-electron chi connectivity index (χ2n) is 12.6. The minimum Gasteiger partial charge on any atom is 1.00 e. The van der Waals surface area contributed by atoms with Gasteiger partial charge >= 0.3 is 86.5 Å². The summed E-state index contributed by atoms with van der Waals surface area (Å²) in [6.45, 7) is 1.54. The van der Waals surface area contributed by atoms with Gasteiger partial charge in [-0.15, -0.1) is 6.07 Å². The third-order valence-corrected chi connectivity index (χ3v) is 10.1. The summed E-state index contributed by atoms with van der Waals surface area (Å²) < 4.78 is 25.6. The second-order valence-corrected chi connectivity index (χ2v) is 13.5. The van der Waals surface area contributed by atoms with E-state index in [9.17, 15) is 19.1 Å². The first-order valence-corrected chi connectivity index (χ1v) is 18.1. The number of allylic oxidation sites excluding steroid dienone is 1. The predicted octanol–water partition coefficient (Wildman–Crippen LogP) is 0.760. The Morgan fingerprint density at radius 1 is 1.22 bits per heavy atom. The number of pyridine rings is 2. The maximum absolute atomic E-state index is 13.5. The maximum Gasteiger partial charge on any atom is 1.00 e. The van der Waals surface area contributed by atoms with Gasteiger partial charge in [-0.25, -0.2) is 4.98 Å². The summed E-state index contributed by atoms with van der Waals surface area (Å²) in [5.41, 5.74) is 7.81. The molecule has 1 aliphatic heterocycles. The molecule has 51 heavy (non-hydrogen) atoms. The number of ether oxygens (including phenoxy) is 2. The summed E-state index contributed by atoms with van der Waals surface area (Å²) in [7, 11) is 1.57. The van der Waals surface area contributed by atoms with Gasteiger partial charge in [0.25, 0.3) is 5.91 Å². The van der Waals surface area contributed by atoms with Gasteiger partial charge in [0, 0.05) is 29.5 Å². The number of hydrogen-bond donors (Lipinski definition) is 3. The second kappa shape index (κ2) is 16.1. The zero-order valence-electron chi connectivity index (χ0n) is 28.7. The molecule has 253 valence electrons. The molecule has 12 heteroatoms. The predicted molar refractivity (Wildman–Crippen MR) is 187 cm³/mol. The summed E-state index contributed by atoms with van der Waals surface area (Å²) in [5, 5.41) is 15.0. The topological polar surface area (TPSA) is 137 Å².